The van der Waals surface area contributed by atoms with Crippen LogP contribution in [0.5, 0.6) is 0 Å². The number of hydrogen-bond acceptors (Lipinski definition) is 5. The minimum absolute atomic E-state index is 0.0175. The van der Waals surface area contributed by atoms with E-state index in [2.05, 4.69) is 20.2 Å². The molecule has 19 heavy (non-hydrogen) atoms. The maximum absolute atomic E-state index is 11.4. The molecule has 0 spiro atoms. The lowest BCUT2D eigenvalue weighted by atomic mass is 10.1. The Labute approximate surface area is 116 Å². The Morgan fingerprint density at radius 3 is 2.84 bits per heavy atom. The standard InChI is InChI=1S/C13H16N4OS/c1-3-13(18)15-12-6-4-5-11(9(12)2)14-7-10-8-19-17-16-10/h4-6,8,14H,3,7H2,1-2H3,(H,15,18). The van der Waals surface area contributed by atoms with Crippen LogP contribution in [0, 0.1) is 6.92 Å². The number of anilines is 2. The van der Waals surface area contributed by atoms with Gasteiger partial charge in [0.05, 0.1) is 12.2 Å². The first kappa shape index (κ1) is 13.5. The average molecular weight is 276 g/mol. The van der Waals surface area contributed by atoms with E-state index < -0.39 is 0 Å². The second-order valence-corrected chi connectivity index (χ2v) is 4.74. The molecular weight excluding hydrogens is 260 g/mol. The first-order valence-electron chi connectivity index (χ1n) is 6.10. The molecular formula is C13H16N4OS. The fourth-order valence-electron chi connectivity index (χ4n) is 1.65. The summed E-state index contributed by atoms with van der Waals surface area (Å²) in [4.78, 5) is 11.4. The number of rotatable bonds is 5. The molecule has 5 nitrogen and oxygen atoms in total. The average Bonchev–Trinajstić information content (AvgIpc) is 2.93. The van der Waals surface area contributed by atoms with E-state index in [1.807, 2.05) is 37.4 Å². The SMILES string of the molecule is CCC(=O)Nc1cccc(NCc2csnn2)c1C. The van der Waals surface area contributed by atoms with Gasteiger partial charge < -0.3 is 10.6 Å². The molecule has 2 N–H and O–H groups in total. The monoisotopic (exact) mass is 276 g/mol. The maximum Gasteiger partial charge on any atom is 0.224 e. The minimum Gasteiger partial charge on any atom is -0.379 e. The summed E-state index contributed by atoms with van der Waals surface area (Å²) in [6.45, 7) is 4.44. The molecule has 100 valence electrons. The molecule has 0 saturated heterocycles. The molecule has 0 fully saturated rings. The van der Waals surface area contributed by atoms with Gasteiger partial charge in [0.1, 0.15) is 0 Å². The highest BCUT2D eigenvalue weighted by molar-refractivity contribution is 7.03. The third-order valence-corrected chi connectivity index (χ3v) is 3.35. The van der Waals surface area contributed by atoms with Gasteiger partial charge in [0.15, 0.2) is 0 Å². The lowest BCUT2D eigenvalue weighted by Gasteiger charge is -2.13. The van der Waals surface area contributed by atoms with Crippen molar-refractivity contribution in [2.75, 3.05) is 10.6 Å². The zero-order valence-electron chi connectivity index (χ0n) is 10.9. The predicted molar refractivity (Wildman–Crippen MR) is 77.3 cm³/mol. The summed E-state index contributed by atoms with van der Waals surface area (Å²) in [5, 5.41) is 12.1. The van der Waals surface area contributed by atoms with E-state index in [1.54, 1.807) is 0 Å². The first-order valence-corrected chi connectivity index (χ1v) is 6.93. The molecule has 0 aliphatic rings. The van der Waals surface area contributed by atoms with Crippen LogP contribution in [0.1, 0.15) is 24.6 Å². The molecule has 2 aromatic rings. The van der Waals surface area contributed by atoms with Crippen LogP contribution >= 0.6 is 11.5 Å². The Hall–Kier alpha value is -1.95. The molecule has 0 radical (unpaired) electrons. The van der Waals surface area contributed by atoms with E-state index in [9.17, 15) is 4.79 Å². The second kappa shape index (κ2) is 6.29. The first-order chi connectivity index (χ1) is 9.20. The van der Waals surface area contributed by atoms with Gasteiger partial charge in [-0.05, 0) is 36.2 Å². The molecule has 6 heteroatoms. The molecule has 1 aromatic carbocycles. The molecule has 1 aromatic heterocycles. The lowest BCUT2D eigenvalue weighted by molar-refractivity contribution is -0.115. The molecule has 0 aliphatic carbocycles. The van der Waals surface area contributed by atoms with Crippen LogP contribution in [-0.4, -0.2) is 15.5 Å². The fourth-order valence-corrected chi connectivity index (χ4v) is 2.10. The Kier molecular flexibility index (Phi) is 4.46. The largest absolute Gasteiger partial charge is 0.379 e. The number of aromatic nitrogens is 2. The number of benzene rings is 1. The Bertz CT molecular complexity index is 554. The van der Waals surface area contributed by atoms with Gasteiger partial charge in [-0.25, -0.2) is 0 Å². The summed E-state index contributed by atoms with van der Waals surface area (Å²) >= 11 is 1.34. The minimum atomic E-state index is 0.0175. The number of nitrogens with one attached hydrogen (secondary N) is 2. The predicted octanol–water partition coefficient (Wildman–Crippen LogP) is 2.81. The smallest absolute Gasteiger partial charge is 0.224 e. The van der Waals surface area contributed by atoms with Crippen molar-refractivity contribution in [2.24, 2.45) is 0 Å². The number of hydrogen-bond donors (Lipinski definition) is 2. The van der Waals surface area contributed by atoms with Gasteiger partial charge in [0, 0.05) is 23.2 Å². The van der Waals surface area contributed by atoms with Gasteiger partial charge in [-0.2, -0.15) is 0 Å². The van der Waals surface area contributed by atoms with E-state index in [0.717, 1.165) is 22.6 Å². The zero-order chi connectivity index (χ0) is 13.7. The zero-order valence-corrected chi connectivity index (χ0v) is 11.8. The highest BCUT2D eigenvalue weighted by Crippen LogP contribution is 2.23. The van der Waals surface area contributed by atoms with Crippen molar-refractivity contribution in [1.82, 2.24) is 9.59 Å². The molecule has 0 aliphatic heterocycles. The normalized spacial score (nSPS) is 10.2. The number of nitrogens with zero attached hydrogens (tertiary/aromatic N) is 2. The molecule has 0 saturated carbocycles. The van der Waals surface area contributed by atoms with Gasteiger partial charge in [0.2, 0.25) is 5.91 Å². The quantitative estimate of drug-likeness (QED) is 0.881. The summed E-state index contributed by atoms with van der Waals surface area (Å²) in [6, 6.07) is 5.80. The third kappa shape index (κ3) is 3.51. The van der Waals surface area contributed by atoms with Gasteiger partial charge in [-0.15, -0.1) is 5.10 Å². The van der Waals surface area contributed by atoms with Crippen LogP contribution in [0.4, 0.5) is 11.4 Å². The van der Waals surface area contributed by atoms with Crippen molar-refractivity contribution in [3.05, 3.63) is 34.8 Å². The summed E-state index contributed by atoms with van der Waals surface area (Å²) in [5.74, 6) is 0.0175. The van der Waals surface area contributed by atoms with Crippen LogP contribution < -0.4 is 10.6 Å². The number of amides is 1. The van der Waals surface area contributed by atoms with Crippen molar-refractivity contribution in [2.45, 2.75) is 26.8 Å². The van der Waals surface area contributed by atoms with Crippen molar-refractivity contribution < 1.29 is 4.79 Å². The number of carbonyl (C=O) groups is 1. The van der Waals surface area contributed by atoms with E-state index in [1.165, 1.54) is 11.5 Å². The Balaban J connectivity index is 2.08. The molecule has 0 atom stereocenters. The highest BCUT2D eigenvalue weighted by atomic mass is 32.1. The van der Waals surface area contributed by atoms with Crippen molar-refractivity contribution in [3.63, 3.8) is 0 Å². The van der Waals surface area contributed by atoms with E-state index in [4.69, 9.17) is 0 Å². The van der Waals surface area contributed by atoms with Crippen LogP contribution in [0.2, 0.25) is 0 Å². The Morgan fingerprint density at radius 2 is 2.16 bits per heavy atom. The lowest BCUT2D eigenvalue weighted by Crippen LogP contribution is -2.11. The highest BCUT2D eigenvalue weighted by Gasteiger charge is 2.06. The maximum atomic E-state index is 11.4. The van der Waals surface area contributed by atoms with E-state index in [0.29, 0.717) is 13.0 Å². The van der Waals surface area contributed by atoms with Gasteiger partial charge in [-0.1, -0.05) is 17.5 Å². The number of carbonyl (C=O) groups excluding carboxylic acids is 1. The van der Waals surface area contributed by atoms with Crippen LogP contribution in [0.15, 0.2) is 23.6 Å². The summed E-state index contributed by atoms with van der Waals surface area (Å²) < 4.78 is 3.82. The van der Waals surface area contributed by atoms with Crippen molar-refractivity contribution in [1.29, 1.82) is 0 Å². The summed E-state index contributed by atoms with van der Waals surface area (Å²) in [6.07, 6.45) is 0.474. The second-order valence-electron chi connectivity index (χ2n) is 4.13. The molecule has 0 bridgehead atoms. The van der Waals surface area contributed by atoms with Gasteiger partial charge >= 0.3 is 0 Å². The molecule has 2 rings (SSSR count). The fraction of sp³-hybridized carbons (Fsp3) is 0.308. The van der Waals surface area contributed by atoms with Crippen molar-refractivity contribution in [3.8, 4) is 0 Å². The Morgan fingerprint density at radius 1 is 1.37 bits per heavy atom. The van der Waals surface area contributed by atoms with E-state index >= 15 is 0 Å². The van der Waals surface area contributed by atoms with Gasteiger partial charge in [0.25, 0.3) is 0 Å². The third-order valence-electron chi connectivity index (χ3n) is 2.79. The topological polar surface area (TPSA) is 66.9 Å². The van der Waals surface area contributed by atoms with Crippen LogP contribution in [0.3, 0.4) is 0 Å². The van der Waals surface area contributed by atoms with E-state index in [-0.39, 0.29) is 5.91 Å². The molecule has 0 unspecified atom stereocenters. The van der Waals surface area contributed by atoms with Crippen LogP contribution in [-0.2, 0) is 11.3 Å². The van der Waals surface area contributed by atoms with Crippen LogP contribution in [0.25, 0.3) is 0 Å². The van der Waals surface area contributed by atoms with Gasteiger partial charge in [-0.3, -0.25) is 4.79 Å². The van der Waals surface area contributed by atoms with Crippen molar-refractivity contribution >= 4 is 28.8 Å². The summed E-state index contributed by atoms with van der Waals surface area (Å²) in [7, 11) is 0. The molecule has 1 heterocycles. The molecule has 1 amide bonds. The summed E-state index contributed by atoms with van der Waals surface area (Å²) in [5.41, 5.74) is 3.76.